The highest BCUT2D eigenvalue weighted by Crippen LogP contribution is 2.62. The van der Waals surface area contributed by atoms with Gasteiger partial charge >= 0.3 is 12.4 Å². The third-order valence-corrected chi connectivity index (χ3v) is 7.96. The SMILES string of the molecule is CCOC(OC)Oc1ccc(/C=C/c2ccc(C(=O)O)cc2)cc1C12CC3CC(CC(C3)C1)C2. The van der Waals surface area contributed by atoms with Crippen molar-refractivity contribution in [3.8, 4) is 5.75 Å². The molecule has 0 saturated heterocycles. The summed E-state index contributed by atoms with van der Waals surface area (Å²) in [5, 5.41) is 9.12. The van der Waals surface area contributed by atoms with Gasteiger partial charge in [-0.15, -0.1) is 0 Å². The third-order valence-electron chi connectivity index (χ3n) is 7.96. The topological polar surface area (TPSA) is 65.0 Å². The second-order valence-electron chi connectivity index (χ2n) is 10.3. The molecule has 180 valence electrons. The number of hydrogen-bond acceptors (Lipinski definition) is 4. The molecule has 0 aromatic heterocycles. The van der Waals surface area contributed by atoms with E-state index in [1.807, 2.05) is 25.1 Å². The van der Waals surface area contributed by atoms with Crippen LogP contribution in [0.2, 0.25) is 0 Å². The van der Waals surface area contributed by atoms with Gasteiger partial charge in [0.1, 0.15) is 5.75 Å². The molecule has 2 aromatic carbocycles. The van der Waals surface area contributed by atoms with Gasteiger partial charge in [0.05, 0.1) is 12.2 Å². The van der Waals surface area contributed by atoms with E-state index < -0.39 is 12.4 Å². The summed E-state index contributed by atoms with van der Waals surface area (Å²) in [6, 6.07) is 13.4. The molecular formula is C29H34O5. The van der Waals surface area contributed by atoms with E-state index in [4.69, 9.17) is 19.3 Å². The number of benzene rings is 2. The van der Waals surface area contributed by atoms with Gasteiger partial charge in [-0.25, -0.2) is 4.79 Å². The van der Waals surface area contributed by atoms with Crippen LogP contribution in [0.1, 0.15) is 72.5 Å². The molecule has 1 atom stereocenters. The maximum atomic E-state index is 11.1. The summed E-state index contributed by atoms with van der Waals surface area (Å²) in [6.07, 6.45) is 12.0. The second kappa shape index (κ2) is 9.55. The summed E-state index contributed by atoms with van der Waals surface area (Å²) in [7, 11) is 1.61. The molecule has 4 saturated carbocycles. The van der Waals surface area contributed by atoms with Gasteiger partial charge in [0.2, 0.25) is 0 Å². The Balaban J connectivity index is 1.47. The van der Waals surface area contributed by atoms with Crippen molar-refractivity contribution in [2.24, 2.45) is 17.8 Å². The van der Waals surface area contributed by atoms with Gasteiger partial charge in [0.25, 0.3) is 0 Å². The molecule has 34 heavy (non-hydrogen) atoms. The standard InChI is InChI=1S/C29H34O5/c1-3-33-28(32-2)34-26-11-8-20(5-4-19-6-9-24(10-7-19)27(30)31)15-25(26)29-16-21-12-22(17-29)14-23(13-21)18-29/h4-11,15,21-23,28H,3,12-14,16-18H2,1-2H3,(H,30,31)/b5-4+. The van der Waals surface area contributed by atoms with E-state index in [-0.39, 0.29) is 5.41 Å². The largest absolute Gasteiger partial charge is 0.478 e. The van der Waals surface area contributed by atoms with Crippen LogP contribution in [0.5, 0.6) is 5.75 Å². The van der Waals surface area contributed by atoms with Gasteiger partial charge in [-0.3, -0.25) is 0 Å². The number of hydrogen-bond donors (Lipinski definition) is 1. The normalized spacial score (nSPS) is 28.4. The van der Waals surface area contributed by atoms with E-state index in [1.54, 1.807) is 19.2 Å². The van der Waals surface area contributed by atoms with Crippen molar-refractivity contribution in [1.82, 2.24) is 0 Å². The first-order valence-electron chi connectivity index (χ1n) is 12.4. The number of carboxylic acids is 1. The van der Waals surface area contributed by atoms with Gasteiger partial charge in [0, 0.05) is 12.7 Å². The second-order valence-corrected chi connectivity index (χ2v) is 10.3. The third kappa shape index (κ3) is 4.64. The predicted molar refractivity (Wildman–Crippen MR) is 132 cm³/mol. The van der Waals surface area contributed by atoms with Gasteiger partial charge < -0.3 is 19.3 Å². The Kier molecular flexibility index (Phi) is 6.50. The van der Waals surface area contributed by atoms with E-state index in [2.05, 4.69) is 24.3 Å². The van der Waals surface area contributed by atoms with Crippen LogP contribution >= 0.6 is 0 Å². The number of ether oxygens (including phenoxy) is 3. The lowest BCUT2D eigenvalue weighted by Gasteiger charge is -2.57. The number of methoxy groups -OCH3 is 1. The van der Waals surface area contributed by atoms with Crippen LogP contribution in [0.3, 0.4) is 0 Å². The molecule has 1 unspecified atom stereocenters. The summed E-state index contributed by atoms with van der Waals surface area (Å²) < 4.78 is 17.3. The Labute approximate surface area is 201 Å². The number of aromatic carboxylic acids is 1. The Morgan fingerprint density at radius 1 is 1.00 bits per heavy atom. The molecular weight excluding hydrogens is 428 g/mol. The van der Waals surface area contributed by atoms with Crippen molar-refractivity contribution < 1.29 is 24.1 Å². The molecule has 1 N–H and O–H groups in total. The zero-order valence-electron chi connectivity index (χ0n) is 20.0. The predicted octanol–water partition coefficient (Wildman–Crippen LogP) is 6.37. The van der Waals surface area contributed by atoms with Gasteiger partial charge in [-0.1, -0.05) is 30.4 Å². The van der Waals surface area contributed by atoms with Crippen LogP contribution in [0.15, 0.2) is 42.5 Å². The van der Waals surface area contributed by atoms with Gasteiger partial charge in [-0.2, -0.15) is 0 Å². The highest BCUT2D eigenvalue weighted by atomic mass is 16.8. The molecule has 0 heterocycles. The van der Waals surface area contributed by atoms with E-state index in [0.717, 1.165) is 34.6 Å². The molecule has 4 aliphatic carbocycles. The van der Waals surface area contributed by atoms with Crippen molar-refractivity contribution >= 4 is 18.1 Å². The highest BCUT2D eigenvalue weighted by molar-refractivity contribution is 5.88. The zero-order valence-corrected chi connectivity index (χ0v) is 20.0. The van der Waals surface area contributed by atoms with E-state index >= 15 is 0 Å². The Bertz CT molecular complexity index is 1020. The molecule has 6 rings (SSSR count). The average molecular weight is 463 g/mol. The monoisotopic (exact) mass is 462 g/mol. The van der Waals surface area contributed by atoms with E-state index in [1.165, 1.54) is 44.1 Å². The van der Waals surface area contributed by atoms with Crippen molar-refractivity contribution in [2.45, 2.75) is 57.3 Å². The lowest BCUT2D eigenvalue weighted by molar-refractivity contribution is -0.231. The van der Waals surface area contributed by atoms with Crippen LogP contribution in [0.25, 0.3) is 12.2 Å². The molecule has 0 radical (unpaired) electrons. The maximum absolute atomic E-state index is 11.1. The van der Waals surface area contributed by atoms with Crippen LogP contribution in [-0.2, 0) is 14.9 Å². The van der Waals surface area contributed by atoms with Crippen LogP contribution in [0, 0.1) is 17.8 Å². The van der Waals surface area contributed by atoms with E-state index in [0.29, 0.717) is 12.2 Å². The minimum Gasteiger partial charge on any atom is -0.478 e. The average Bonchev–Trinajstić information content (AvgIpc) is 2.82. The summed E-state index contributed by atoms with van der Waals surface area (Å²) in [5.74, 6) is 2.45. The fourth-order valence-electron chi connectivity index (χ4n) is 6.93. The Morgan fingerprint density at radius 3 is 2.15 bits per heavy atom. The van der Waals surface area contributed by atoms with Crippen molar-refractivity contribution in [2.75, 3.05) is 13.7 Å². The molecule has 5 nitrogen and oxygen atoms in total. The molecule has 0 spiro atoms. The minimum atomic E-state index is -0.909. The zero-order chi connectivity index (χ0) is 23.7. The summed E-state index contributed by atoms with van der Waals surface area (Å²) in [4.78, 5) is 11.1. The minimum absolute atomic E-state index is 0.168. The fourth-order valence-corrected chi connectivity index (χ4v) is 6.93. The lowest BCUT2D eigenvalue weighted by Crippen LogP contribution is -2.48. The van der Waals surface area contributed by atoms with Gasteiger partial charge in [-0.05, 0) is 104 Å². The van der Waals surface area contributed by atoms with Crippen LogP contribution < -0.4 is 4.74 Å². The Hall–Kier alpha value is -2.63. The summed E-state index contributed by atoms with van der Waals surface area (Å²) >= 11 is 0. The quantitative estimate of drug-likeness (QED) is 0.347. The van der Waals surface area contributed by atoms with Crippen molar-refractivity contribution in [3.63, 3.8) is 0 Å². The smallest absolute Gasteiger partial charge is 0.335 e. The van der Waals surface area contributed by atoms with Crippen molar-refractivity contribution in [3.05, 3.63) is 64.7 Å². The van der Waals surface area contributed by atoms with Crippen LogP contribution in [-0.4, -0.2) is 31.3 Å². The highest BCUT2D eigenvalue weighted by Gasteiger charge is 2.52. The molecule has 2 aromatic rings. The molecule has 0 aliphatic heterocycles. The molecule has 5 heteroatoms. The molecule has 4 fully saturated rings. The lowest BCUT2D eigenvalue weighted by atomic mass is 9.48. The van der Waals surface area contributed by atoms with E-state index in [9.17, 15) is 4.79 Å². The fraction of sp³-hybridized carbons (Fsp3) is 0.483. The van der Waals surface area contributed by atoms with Crippen LogP contribution in [0.4, 0.5) is 0 Å². The number of carbonyl (C=O) groups is 1. The summed E-state index contributed by atoms with van der Waals surface area (Å²) in [6.45, 7) is 1.74. The number of rotatable bonds is 9. The molecule has 0 amide bonds. The van der Waals surface area contributed by atoms with Crippen molar-refractivity contribution in [1.29, 1.82) is 0 Å². The Morgan fingerprint density at radius 2 is 1.59 bits per heavy atom. The first-order valence-corrected chi connectivity index (χ1v) is 12.4. The maximum Gasteiger partial charge on any atom is 0.335 e. The molecule has 4 aliphatic rings. The number of carboxylic acid groups (broad SMARTS) is 1. The first-order chi connectivity index (χ1) is 16.5. The molecule has 4 bridgehead atoms. The van der Waals surface area contributed by atoms with Gasteiger partial charge in [0.15, 0.2) is 0 Å². The summed E-state index contributed by atoms with van der Waals surface area (Å²) in [5.41, 5.74) is 3.84. The first kappa shape index (κ1) is 23.1.